The van der Waals surface area contributed by atoms with Crippen molar-refractivity contribution in [2.75, 3.05) is 19.8 Å². The fourth-order valence-corrected chi connectivity index (χ4v) is 2.83. The number of hydrogen-bond donors (Lipinski definition) is 2. The molecule has 7 nitrogen and oxygen atoms in total. The number of carbonyl (C=O) groups excluding carboxylic acids is 1. The Bertz CT molecular complexity index is 661. The standard InChI is InChI=1S/C19H27N5O2/c1-19(2,3)26-18(25)23-16-10-7-11-24(12-16)14-22-17(21-13-20)15-8-5-4-6-9-15/h4-6,8-9,16H,7,10-12,14H2,1-3H3,(H,21,22)(H,23,25). The Hall–Kier alpha value is -2.59. The fraction of sp³-hybridized carbons (Fsp3) is 0.526. The third kappa shape index (κ3) is 6.73. The zero-order chi connectivity index (χ0) is 19.0. The molecule has 1 amide bonds. The molecule has 1 saturated heterocycles. The minimum Gasteiger partial charge on any atom is -0.444 e. The molecule has 26 heavy (non-hydrogen) atoms. The van der Waals surface area contributed by atoms with Gasteiger partial charge in [-0.1, -0.05) is 30.3 Å². The average Bonchev–Trinajstić information content (AvgIpc) is 2.58. The predicted octanol–water partition coefficient (Wildman–Crippen LogP) is 2.45. The van der Waals surface area contributed by atoms with Crippen molar-refractivity contribution in [2.24, 2.45) is 4.99 Å². The molecule has 1 aliphatic rings. The molecule has 7 heteroatoms. The summed E-state index contributed by atoms with van der Waals surface area (Å²) in [5.41, 5.74) is 0.368. The Balaban J connectivity index is 1.87. The van der Waals surface area contributed by atoms with Crippen LogP contribution in [0.25, 0.3) is 0 Å². The van der Waals surface area contributed by atoms with Gasteiger partial charge in [-0.3, -0.25) is 4.90 Å². The third-order valence-electron chi connectivity index (χ3n) is 3.91. The van der Waals surface area contributed by atoms with E-state index in [9.17, 15) is 4.79 Å². The molecular formula is C19H27N5O2. The molecule has 0 spiro atoms. The number of nitrogens with one attached hydrogen (secondary N) is 2. The first kappa shape index (κ1) is 19.7. The van der Waals surface area contributed by atoms with E-state index in [-0.39, 0.29) is 12.1 Å². The van der Waals surface area contributed by atoms with Crippen LogP contribution in [0, 0.1) is 11.5 Å². The number of alkyl carbamates (subject to hydrolysis) is 1. The Morgan fingerprint density at radius 2 is 2.12 bits per heavy atom. The summed E-state index contributed by atoms with van der Waals surface area (Å²) in [4.78, 5) is 18.0. The highest BCUT2D eigenvalue weighted by Crippen LogP contribution is 2.12. The van der Waals surface area contributed by atoms with Gasteiger partial charge in [-0.15, -0.1) is 0 Å². The van der Waals surface area contributed by atoms with E-state index >= 15 is 0 Å². The van der Waals surface area contributed by atoms with Gasteiger partial charge in [0.25, 0.3) is 0 Å². The molecule has 0 radical (unpaired) electrons. The van der Waals surface area contributed by atoms with Crippen molar-refractivity contribution in [3.8, 4) is 6.19 Å². The van der Waals surface area contributed by atoms with Crippen molar-refractivity contribution >= 4 is 11.9 Å². The summed E-state index contributed by atoms with van der Waals surface area (Å²) < 4.78 is 5.32. The van der Waals surface area contributed by atoms with E-state index in [2.05, 4.69) is 20.5 Å². The molecule has 2 N–H and O–H groups in total. The maximum absolute atomic E-state index is 11.9. The molecule has 140 valence electrons. The minimum atomic E-state index is -0.502. The van der Waals surface area contributed by atoms with E-state index < -0.39 is 5.60 Å². The molecule has 1 aliphatic heterocycles. The first-order chi connectivity index (χ1) is 12.4. The van der Waals surface area contributed by atoms with Crippen molar-refractivity contribution in [2.45, 2.75) is 45.3 Å². The van der Waals surface area contributed by atoms with E-state index in [1.54, 1.807) is 0 Å². The number of likely N-dealkylation sites (tertiary alicyclic amines) is 1. The molecule has 2 rings (SSSR count). The molecule has 1 fully saturated rings. The van der Waals surface area contributed by atoms with Crippen LogP contribution in [0.3, 0.4) is 0 Å². The van der Waals surface area contributed by atoms with Crippen LogP contribution in [0.1, 0.15) is 39.2 Å². The summed E-state index contributed by atoms with van der Waals surface area (Å²) in [6.45, 7) is 7.76. The number of ether oxygens (including phenoxy) is 1. The number of amidine groups is 1. The molecular weight excluding hydrogens is 330 g/mol. The summed E-state index contributed by atoms with van der Waals surface area (Å²) >= 11 is 0. The van der Waals surface area contributed by atoms with Gasteiger partial charge in [0.2, 0.25) is 6.19 Å². The summed E-state index contributed by atoms with van der Waals surface area (Å²) in [5.74, 6) is 0.551. The summed E-state index contributed by atoms with van der Waals surface area (Å²) in [6, 6.07) is 9.61. The van der Waals surface area contributed by atoms with Crippen LogP contribution in [0.4, 0.5) is 4.79 Å². The van der Waals surface area contributed by atoms with E-state index in [4.69, 9.17) is 10.00 Å². The lowest BCUT2D eigenvalue weighted by Gasteiger charge is -2.33. The van der Waals surface area contributed by atoms with Crippen LogP contribution < -0.4 is 10.6 Å². The second-order valence-electron chi connectivity index (χ2n) is 7.32. The zero-order valence-corrected chi connectivity index (χ0v) is 15.7. The predicted molar refractivity (Wildman–Crippen MR) is 101 cm³/mol. The molecule has 1 aromatic carbocycles. The quantitative estimate of drug-likeness (QED) is 0.491. The van der Waals surface area contributed by atoms with Gasteiger partial charge in [0, 0.05) is 18.2 Å². The molecule has 1 aromatic rings. The van der Waals surface area contributed by atoms with E-state index in [1.807, 2.05) is 57.3 Å². The SMILES string of the molecule is CC(C)(C)OC(=O)NC1CCCN(CN/C(=N/C#N)c2ccccc2)C1. The van der Waals surface area contributed by atoms with Crippen LogP contribution in [0.2, 0.25) is 0 Å². The molecule has 0 aromatic heterocycles. The molecule has 0 bridgehead atoms. The largest absolute Gasteiger partial charge is 0.444 e. The summed E-state index contributed by atoms with van der Waals surface area (Å²) in [5, 5.41) is 15.1. The molecule has 0 aliphatic carbocycles. The van der Waals surface area contributed by atoms with Crippen molar-refractivity contribution < 1.29 is 9.53 Å². The van der Waals surface area contributed by atoms with Crippen molar-refractivity contribution in [1.82, 2.24) is 15.5 Å². The number of carbonyl (C=O) groups is 1. The highest BCUT2D eigenvalue weighted by molar-refractivity contribution is 5.99. The second kappa shape index (κ2) is 9.20. The lowest BCUT2D eigenvalue weighted by Crippen LogP contribution is -2.51. The zero-order valence-electron chi connectivity index (χ0n) is 15.7. The van der Waals surface area contributed by atoms with Crippen LogP contribution >= 0.6 is 0 Å². The number of piperidine rings is 1. The van der Waals surface area contributed by atoms with Gasteiger partial charge >= 0.3 is 6.09 Å². The van der Waals surface area contributed by atoms with Crippen molar-refractivity contribution in [1.29, 1.82) is 5.26 Å². The van der Waals surface area contributed by atoms with Crippen molar-refractivity contribution in [3.63, 3.8) is 0 Å². The molecule has 1 unspecified atom stereocenters. The van der Waals surface area contributed by atoms with Crippen LogP contribution in [-0.4, -0.2) is 48.2 Å². The van der Waals surface area contributed by atoms with Gasteiger partial charge in [0.1, 0.15) is 11.4 Å². The number of benzene rings is 1. The van der Waals surface area contributed by atoms with Gasteiger partial charge in [0.05, 0.1) is 6.67 Å². The second-order valence-corrected chi connectivity index (χ2v) is 7.32. The number of amides is 1. The average molecular weight is 357 g/mol. The van der Waals surface area contributed by atoms with Crippen LogP contribution in [0.15, 0.2) is 35.3 Å². The number of rotatable bonds is 4. The maximum Gasteiger partial charge on any atom is 0.407 e. The monoisotopic (exact) mass is 357 g/mol. The molecule has 0 saturated carbocycles. The summed E-state index contributed by atoms with van der Waals surface area (Å²) in [7, 11) is 0. The third-order valence-corrected chi connectivity index (χ3v) is 3.91. The Labute approximate surface area is 155 Å². The normalized spacial score (nSPS) is 18.7. The Morgan fingerprint density at radius 1 is 1.38 bits per heavy atom. The van der Waals surface area contributed by atoms with Gasteiger partial charge < -0.3 is 15.4 Å². The van der Waals surface area contributed by atoms with Crippen LogP contribution in [0.5, 0.6) is 0 Å². The fourth-order valence-electron chi connectivity index (χ4n) is 2.83. The van der Waals surface area contributed by atoms with Gasteiger partial charge in [0.15, 0.2) is 0 Å². The van der Waals surface area contributed by atoms with Crippen LogP contribution in [-0.2, 0) is 4.74 Å². The van der Waals surface area contributed by atoms with E-state index in [1.165, 1.54) is 0 Å². The maximum atomic E-state index is 11.9. The molecule has 1 atom stereocenters. The minimum absolute atomic E-state index is 0.0495. The lowest BCUT2D eigenvalue weighted by molar-refractivity contribution is 0.0471. The van der Waals surface area contributed by atoms with Gasteiger partial charge in [-0.2, -0.15) is 10.3 Å². The first-order valence-corrected chi connectivity index (χ1v) is 8.85. The molecule has 1 heterocycles. The highest BCUT2D eigenvalue weighted by atomic mass is 16.6. The number of hydrogen-bond acceptors (Lipinski definition) is 5. The Kier molecular flexibility index (Phi) is 6.98. The highest BCUT2D eigenvalue weighted by Gasteiger charge is 2.24. The van der Waals surface area contributed by atoms with Gasteiger partial charge in [-0.05, 0) is 40.2 Å². The Morgan fingerprint density at radius 3 is 2.77 bits per heavy atom. The number of nitriles is 1. The lowest BCUT2D eigenvalue weighted by atomic mass is 10.1. The topological polar surface area (TPSA) is 89.8 Å². The smallest absolute Gasteiger partial charge is 0.407 e. The van der Waals surface area contributed by atoms with Crippen molar-refractivity contribution in [3.05, 3.63) is 35.9 Å². The first-order valence-electron chi connectivity index (χ1n) is 8.85. The number of nitrogens with zero attached hydrogens (tertiary/aromatic N) is 3. The van der Waals surface area contributed by atoms with E-state index in [0.29, 0.717) is 12.5 Å². The van der Waals surface area contributed by atoms with E-state index in [0.717, 1.165) is 31.5 Å². The van der Waals surface area contributed by atoms with Gasteiger partial charge in [-0.25, -0.2) is 4.79 Å². The summed E-state index contributed by atoms with van der Waals surface area (Å²) in [6.07, 6.45) is 3.37. The number of aliphatic imine (C=N–C) groups is 1.